The van der Waals surface area contributed by atoms with Gasteiger partial charge in [-0.15, -0.1) is 5.10 Å². The van der Waals surface area contributed by atoms with E-state index in [1.807, 2.05) is 0 Å². The molecule has 1 amide bonds. The van der Waals surface area contributed by atoms with Crippen molar-refractivity contribution in [2.45, 2.75) is 6.04 Å². The molecule has 100 valence electrons. The van der Waals surface area contributed by atoms with Crippen LogP contribution in [0.2, 0.25) is 0 Å². The van der Waals surface area contributed by atoms with E-state index in [0.29, 0.717) is 0 Å². The highest BCUT2D eigenvalue weighted by atomic mass is 32.2. The number of carbonyl (C=O) groups excluding carboxylic acids is 1. The van der Waals surface area contributed by atoms with Gasteiger partial charge >= 0.3 is 0 Å². The summed E-state index contributed by atoms with van der Waals surface area (Å²) in [6.45, 7) is 1.71. The Hall–Kier alpha value is -1.48. The minimum atomic E-state index is -3.07. The van der Waals surface area contributed by atoms with Gasteiger partial charge in [-0.25, -0.2) is 13.1 Å². The first-order valence-corrected chi connectivity index (χ1v) is 7.60. The van der Waals surface area contributed by atoms with Gasteiger partial charge in [0.05, 0.1) is 18.0 Å². The standard InChI is InChI=1S/C9H15N5O3S/c1-18(16,17)3-2-11-9(15)8-6-14(13-12-8)7-4-10-5-7/h6-7,10H,2-5H2,1H3,(H,11,15). The Kier molecular flexibility index (Phi) is 3.62. The van der Waals surface area contributed by atoms with Gasteiger partial charge in [-0.05, 0) is 0 Å². The third kappa shape index (κ3) is 3.26. The molecule has 1 aromatic heterocycles. The van der Waals surface area contributed by atoms with E-state index in [1.165, 1.54) is 0 Å². The first-order valence-electron chi connectivity index (χ1n) is 5.54. The number of aromatic nitrogens is 3. The van der Waals surface area contributed by atoms with E-state index in [-0.39, 0.29) is 24.0 Å². The van der Waals surface area contributed by atoms with Crippen LogP contribution in [0.15, 0.2) is 6.20 Å². The molecule has 9 heteroatoms. The molecule has 0 spiro atoms. The van der Waals surface area contributed by atoms with E-state index < -0.39 is 15.7 Å². The maximum Gasteiger partial charge on any atom is 0.273 e. The van der Waals surface area contributed by atoms with Crippen LogP contribution in [0.3, 0.4) is 0 Å². The van der Waals surface area contributed by atoms with Crippen LogP contribution >= 0.6 is 0 Å². The van der Waals surface area contributed by atoms with Crippen LogP contribution in [0, 0.1) is 0 Å². The van der Waals surface area contributed by atoms with Gasteiger partial charge in [0.25, 0.3) is 5.91 Å². The number of amides is 1. The SMILES string of the molecule is CS(=O)(=O)CCNC(=O)c1cn(C2CNC2)nn1. The van der Waals surface area contributed by atoms with Crippen molar-refractivity contribution in [2.24, 2.45) is 0 Å². The van der Waals surface area contributed by atoms with E-state index in [1.54, 1.807) is 10.9 Å². The van der Waals surface area contributed by atoms with E-state index >= 15 is 0 Å². The smallest absolute Gasteiger partial charge is 0.273 e. The summed E-state index contributed by atoms with van der Waals surface area (Å²) in [5, 5.41) is 13.2. The molecule has 0 saturated carbocycles. The quantitative estimate of drug-likeness (QED) is 0.655. The van der Waals surface area contributed by atoms with Crippen LogP contribution in [-0.2, 0) is 9.84 Å². The maximum absolute atomic E-state index is 11.6. The van der Waals surface area contributed by atoms with Crippen LogP contribution in [0.4, 0.5) is 0 Å². The van der Waals surface area contributed by atoms with Gasteiger partial charge in [0.2, 0.25) is 0 Å². The van der Waals surface area contributed by atoms with E-state index in [4.69, 9.17) is 0 Å². The largest absolute Gasteiger partial charge is 0.350 e. The highest BCUT2D eigenvalue weighted by Crippen LogP contribution is 2.09. The van der Waals surface area contributed by atoms with Crippen molar-refractivity contribution >= 4 is 15.7 Å². The molecule has 2 N–H and O–H groups in total. The van der Waals surface area contributed by atoms with Crippen LogP contribution in [-0.4, -0.2) is 61.0 Å². The average molecular weight is 273 g/mol. The molecule has 1 aliphatic heterocycles. The van der Waals surface area contributed by atoms with Crippen molar-refractivity contribution in [3.05, 3.63) is 11.9 Å². The Bertz CT molecular complexity index is 534. The van der Waals surface area contributed by atoms with Crippen LogP contribution in [0.25, 0.3) is 0 Å². The summed E-state index contributed by atoms with van der Waals surface area (Å²) in [4.78, 5) is 11.6. The van der Waals surface area contributed by atoms with E-state index in [9.17, 15) is 13.2 Å². The molecule has 2 rings (SSSR count). The fourth-order valence-corrected chi connectivity index (χ4v) is 1.93. The Morgan fingerprint density at radius 3 is 2.89 bits per heavy atom. The van der Waals surface area contributed by atoms with Crippen molar-refractivity contribution in [2.75, 3.05) is 31.6 Å². The summed E-state index contributed by atoms with van der Waals surface area (Å²) in [7, 11) is -3.07. The third-order valence-electron chi connectivity index (χ3n) is 2.64. The van der Waals surface area contributed by atoms with Crippen LogP contribution in [0.5, 0.6) is 0 Å². The van der Waals surface area contributed by atoms with Crippen molar-refractivity contribution in [3.63, 3.8) is 0 Å². The Morgan fingerprint density at radius 2 is 2.33 bits per heavy atom. The van der Waals surface area contributed by atoms with Crippen molar-refractivity contribution in [1.82, 2.24) is 25.6 Å². The Balaban J connectivity index is 1.86. The maximum atomic E-state index is 11.6. The zero-order chi connectivity index (χ0) is 13.2. The summed E-state index contributed by atoms with van der Waals surface area (Å²) in [5.41, 5.74) is 0.204. The van der Waals surface area contributed by atoms with Gasteiger partial charge in [-0.3, -0.25) is 4.79 Å². The van der Waals surface area contributed by atoms with Crippen molar-refractivity contribution < 1.29 is 13.2 Å². The van der Waals surface area contributed by atoms with Gasteiger partial charge in [0, 0.05) is 25.9 Å². The Morgan fingerprint density at radius 1 is 1.61 bits per heavy atom. The molecule has 18 heavy (non-hydrogen) atoms. The first-order chi connectivity index (χ1) is 8.46. The topological polar surface area (TPSA) is 106 Å². The molecule has 0 unspecified atom stereocenters. The summed E-state index contributed by atoms with van der Waals surface area (Å²) in [6.07, 6.45) is 2.69. The lowest BCUT2D eigenvalue weighted by Gasteiger charge is -2.26. The second-order valence-corrected chi connectivity index (χ2v) is 6.54. The fraction of sp³-hybridized carbons (Fsp3) is 0.667. The molecule has 0 aromatic carbocycles. The zero-order valence-electron chi connectivity index (χ0n) is 9.96. The van der Waals surface area contributed by atoms with E-state index in [2.05, 4.69) is 20.9 Å². The molecule has 0 radical (unpaired) electrons. The molecule has 1 aliphatic rings. The van der Waals surface area contributed by atoms with Gasteiger partial charge in [0.1, 0.15) is 9.84 Å². The molecule has 2 heterocycles. The highest BCUT2D eigenvalue weighted by Gasteiger charge is 2.21. The molecule has 0 atom stereocenters. The predicted molar refractivity (Wildman–Crippen MR) is 64.0 cm³/mol. The normalized spacial score (nSPS) is 16.3. The van der Waals surface area contributed by atoms with Gasteiger partial charge in [-0.2, -0.15) is 0 Å². The second-order valence-electron chi connectivity index (χ2n) is 4.28. The zero-order valence-corrected chi connectivity index (χ0v) is 10.8. The number of nitrogens with zero attached hydrogens (tertiary/aromatic N) is 3. The number of carbonyl (C=O) groups is 1. The molecular formula is C9H15N5O3S. The van der Waals surface area contributed by atoms with Crippen molar-refractivity contribution in [3.8, 4) is 0 Å². The highest BCUT2D eigenvalue weighted by molar-refractivity contribution is 7.90. The monoisotopic (exact) mass is 273 g/mol. The lowest BCUT2D eigenvalue weighted by atomic mass is 10.2. The van der Waals surface area contributed by atoms with Crippen LogP contribution < -0.4 is 10.6 Å². The summed E-state index contributed by atoms with van der Waals surface area (Å²) in [5.74, 6) is -0.489. The molecule has 0 aliphatic carbocycles. The summed E-state index contributed by atoms with van der Waals surface area (Å²) < 4.78 is 23.4. The predicted octanol–water partition coefficient (Wildman–Crippen LogP) is -1.80. The number of hydrogen-bond donors (Lipinski definition) is 2. The Labute approximate surface area is 105 Å². The lowest BCUT2D eigenvalue weighted by molar-refractivity contribution is 0.0951. The fourth-order valence-electron chi connectivity index (χ4n) is 1.46. The molecule has 8 nitrogen and oxygen atoms in total. The molecule has 0 bridgehead atoms. The van der Waals surface area contributed by atoms with E-state index in [0.717, 1.165) is 19.3 Å². The van der Waals surface area contributed by atoms with Gasteiger partial charge in [-0.1, -0.05) is 5.21 Å². The first kappa shape index (κ1) is 13.0. The average Bonchev–Trinajstić information content (AvgIpc) is 2.62. The minimum absolute atomic E-state index is 0.0789. The summed E-state index contributed by atoms with van der Waals surface area (Å²) >= 11 is 0. The number of rotatable bonds is 5. The van der Waals surface area contributed by atoms with Crippen molar-refractivity contribution in [1.29, 1.82) is 0 Å². The second kappa shape index (κ2) is 5.02. The number of nitrogens with one attached hydrogen (secondary N) is 2. The van der Waals surface area contributed by atoms with Gasteiger partial charge < -0.3 is 10.6 Å². The van der Waals surface area contributed by atoms with Gasteiger partial charge in [0.15, 0.2) is 5.69 Å². The third-order valence-corrected chi connectivity index (χ3v) is 3.58. The molecular weight excluding hydrogens is 258 g/mol. The lowest BCUT2D eigenvalue weighted by Crippen LogP contribution is -2.43. The number of sulfone groups is 1. The number of hydrogen-bond acceptors (Lipinski definition) is 6. The molecule has 1 aromatic rings. The molecule has 1 saturated heterocycles. The molecule has 1 fully saturated rings. The minimum Gasteiger partial charge on any atom is -0.350 e. The summed E-state index contributed by atoms with van der Waals surface area (Å²) in [6, 6.07) is 0.245. The van der Waals surface area contributed by atoms with Crippen LogP contribution in [0.1, 0.15) is 16.5 Å².